The second-order valence-electron chi connectivity index (χ2n) is 5.44. The highest BCUT2D eigenvalue weighted by Crippen LogP contribution is 2.28. The summed E-state index contributed by atoms with van der Waals surface area (Å²) in [6, 6.07) is 6.02. The Hall–Kier alpha value is -0.0200. The van der Waals surface area contributed by atoms with E-state index in [4.69, 9.17) is 4.74 Å². The molecule has 0 bridgehead atoms. The molecule has 2 unspecified atom stereocenters. The van der Waals surface area contributed by atoms with Gasteiger partial charge in [0.1, 0.15) is 5.75 Å². The molecule has 2 atom stereocenters. The van der Waals surface area contributed by atoms with Crippen molar-refractivity contribution in [3.63, 3.8) is 0 Å². The minimum Gasteiger partial charge on any atom is -0.492 e. The van der Waals surface area contributed by atoms with E-state index < -0.39 is 0 Å². The second kappa shape index (κ2) is 9.02. The largest absolute Gasteiger partial charge is 0.492 e. The molecule has 1 rings (SSSR count). The maximum Gasteiger partial charge on any atom is 0.133 e. The summed E-state index contributed by atoms with van der Waals surface area (Å²) in [4.78, 5) is 0. The Kier molecular flexibility index (Phi) is 8.08. The van der Waals surface area contributed by atoms with Crippen LogP contribution in [0, 0.1) is 11.8 Å². The second-order valence-corrected chi connectivity index (χ2v) is 7.21. The third-order valence-corrected chi connectivity index (χ3v) is 4.62. The van der Waals surface area contributed by atoms with Crippen LogP contribution in [-0.2, 0) is 0 Å². The van der Waals surface area contributed by atoms with E-state index in [0.717, 1.165) is 27.2 Å². The van der Waals surface area contributed by atoms with Gasteiger partial charge >= 0.3 is 0 Å². The fourth-order valence-corrected chi connectivity index (χ4v) is 3.09. The molecule has 0 radical (unpaired) electrons. The molecular formula is C16H24Br2O. The van der Waals surface area contributed by atoms with Crippen molar-refractivity contribution < 1.29 is 4.74 Å². The van der Waals surface area contributed by atoms with Gasteiger partial charge in [-0.2, -0.15) is 0 Å². The van der Waals surface area contributed by atoms with Crippen LogP contribution < -0.4 is 4.74 Å². The summed E-state index contributed by atoms with van der Waals surface area (Å²) < 4.78 is 7.94. The molecule has 0 saturated heterocycles. The van der Waals surface area contributed by atoms with Crippen molar-refractivity contribution in [3.8, 4) is 5.75 Å². The Morgan fingerprint density at radius 2 is 1.79 bits per heavy atom. The molecule has 1 aromatic carbocycles. The number of benzene rings is 1. The molecule has 0 aliphatic carbocycles. The first-order chi connectivity index (χ1) is 9.02. The number of rotatable bonds is 8. The first-order valence-electron chi connectivity index (χ1n) is 7.10. The number of ether oxygens (including phenoxy) is 1. The van der Waals surface area contributed by atoms with Gasteiger partial charge < -0.3 is 4.74 Å². The van der Waals surface area contributed by atoms with E-state index in [-0.39, 0.29) is 0 Å². The zero-order valence-corrected chi connectivity index (χ0v) is 15.3. The Bertz CT molecular complexity index is 379. The van der Waals surface area contributed by atoms with Gasteiger partial charge in [-0.15, -0.1) is 0 Å². The van der Waals surface area contributed by atoms with Crippen LogP contribution in [0.25, 0.3) is 0 Å². The first kappa shape index (κ1) is 17.0. The van der Waals surface area contributed by atoms with E-state index in [0.29, 0.717) is 5.92 Å². The molecule has 0 aliphatic heterocycles. The molecule has 0 spiro atoms. The summed E-state index contributed by atoms with van der Waals surface area (Å²) in [5.74, 6) is 2.39. The van der Waals surface area contributed by atoms with Crippen LogP contribution in [0.4, 0.5) is 0 Å². The van der Waals surface area contributed by atoms with Crippen molar-refractivity contribution in [1.29, 1.82) is 0 Å². The molecule has 108 valence electrons. The fourth-order valence-electron chi connectivity index (χ4n) is 1.93. The summed E-state index contributed by atoms with van der Waals surface area (Å²) in [7, 11) is 0. The first-order valence-corrected chi connectivity index (χ1v) is 8.69. The van der Waals surface area contributed by atoms with Gasteiger partial charge in [0, 0.05) is 4.47 Å². The molecule has 0 aliphatic rings. The highest BCUT2D eigenvalue weighted by molar-refractivity contribution is 9.11. The molecule has 0 N–H and O–H groups in total. The number of hydrogen-bond donors (Lipinski definition) is 0. The van der Waals surface area contributed by atoms with E-state index in [1.54, 1.807) is 0 Å². The number of hydrogen-bond acceptors (Lipinski definition) is 1. The van der Waals surface area contributed by atoms with Gasteiger partial charge in [-0.05, 0) is 52.4 Å². The van der Waals surface area contributed by atoms with Crippen LogP contribution in [0.15, 0.2) is 27.1 Å². The van der Waals surface area contributed by atoms with E-state index in [9.17, 15) is 0 Å². The summed E-state index contributed by atoms with van der Waals surface area (Å²) in [5.41, 5.74) is 0. The predicted octanol–water partition coefficient (Wildman–Crippen LogP) is 6.44. The molecule has 0 amide bonds. The SMILES string of the molecule is CCC(C)CCCC(C)COc1ccc(Br)cc1Br. The van der Waals surface area contributed by atoms with Crippen molar-refractivity contribution >= 4 is 31.9 Å². The van der Waals surface area contributed by atoms with E-state index in [1.807, 2.05) is 18.2 Å². The lowest BCUT2D eigenvalue weighted by molar-refractivity contribution is 0.245. The average Bonchev–Trinajstić information content (AvgIpc) is 2.37. The van der Waals surface area contributed by atoms with Crippen LogP contribution in [-0.4, -0.2) is 6.61 Å². The maximum absolute atomic E-state index is 5.87. The van der Waals surface area contributed by atoms with E-state index in [1.165, 1.54) is 25.7 Å². The summed E-state index contributed by atoms with van der Waals surface area (Å²) in [6.45, 7) is 7.66. The van der Waals surface area contributed by atoms with Gasteiger partial charge in [-0.25, -0.2) is 0 Å². The highest BCUT2D eigenvalue weighted by Gasteiger charge is 2.07. The van der Waals surface area contributed by atoms with Gasteiger partial charge in [0.15, 0.2) is 0 Å². The zero-order valence-electron chi connectivity index (χ0n) is 12.1. The smallest absolute Gasteiger partial charge is 0.133 e. The summed E-state index contributed by atoms with van der Waals surface area (Å²) in [5, 5.41) is 0. The third kappa shape index (κ3) is 6.80. The molecular weight excluding hydrogens is 368 g/mol. The zero-order chi connectivity index (χ0) is 14.3. The van der Waals surface area contributed by atoms with Gasteiger partial charge in [0.2, 0.25) is 0 Å². The lowest BCUT2D eigenvalue weighted by atomic mass is 9.97. The topological polar surface area (TPSA) is 9.23 Å². The van der Waals surface area contributed by atoms with Crippen molar-refractivity contribution in [1.82, 2.24) is 0 Å². The van der Waals surface area contributed by atoms with Crippen molar-refractivity contribution in [2.75, 3.05) is 6.61 Å². The maximum atomic E-state index is 5.87. The predicted molar refractivity (Wildman–Crippen MR) is 89.8 cm³/mol. The van der Waals surface area contributed by atoms with Crippen molar-refractivity contribution in [2.45, 2.75) is 46.5 Å². The van der Waals surface area contributed by atoms with Crippen LogP contribution in [0.1, 0.15) is 46.5 Å². The van der Waals surface area contributed by atoms with Crippen molar-refractivity contribution in [2.24, 2.45) is 11.8 Å². The average molecular weight is 392 g/mol. The van der Waals surface area contributed by atoms with Crippen LogP contribution in [0.2, 0.25) is 0 Å². The highest BCUT2D eigenvalue weighted by atomic mass is 79.9. The third-order valence-electron chi connectivity index (χ3n) is 3.51. The molecule has 0 heterocycles. The van der Waals surface area contributed by atoms with Crippen LogP contribution in [0.5, 0.6) is 5.75 Å². The van der Waals surface area contributed by atoms with Gasteiger partial charge in [-0.1, -0.05) is 56.0 Å². The Morgan fingerprint density at radius 3 is 2.42 bits per heavy atom. The molecule has 3 heteroatoms. The minimum atomic E-state index is 0.611. The van der Waals surface area contributed by atoms with E-state index >= 15 is 0 Å². The molecule has 0 fully saturated rings. The quantitative estimate of drug-likeness (QED) is 0.495. The van der Waals surface area contributed by atoms with Crippen LogP contribution in [0.3, 0.4) is 0 Å². The fraction of sp³-hybridized carbons (Fsp3) is 0.625. The summed E-state index contributed by atoms with van der Waals surface area (Å²) in [6.07, 6.45) is 5.18. The number of halogens is 2. The Morgan fingerprint density at radius 1 is 1.11 bits per heavy atom. The van der Waals surface area contributed by atoms with Gasteiger partial charge in [-0.3, -0.25) is 0 Å². The summed E-state index contributed by atoms with van der Waals surface area (Å²) >= 11 is 6.97. The van der Waals surface area contributed by atoms with E-state index in [2.05, 4.69) is 52.6 Å². The Labute approximate surface area is 134 Å². The molecule has 19 heavy (non-hydrogen) atoms. The monoisotopic (exact) mass is 390 g/mol. The minimum absolute atomic E-state index is 0.611. The lowest BCUT2D eigenvalue weighted by Gasteiger charge is -2.15. The Balaban J connectivity index is 2.28. The van der Waals surface area contributed by atoms with Crippen LogP contribution >= 0.6 is 31.9 Å². The molecule has 0 saturated carbocycles. The standard InChI is InChI=1S/C16H24Br2O/c1-4-12(2)6-5-7-13(3)11-19-16-9-8-14(17)10-15(16)18/h8-10,12-13H,4-7,11H2,1-3H3. The molecule has 1 nitrogen and oxygen atoms in total. The molecule has 1 aromatic rings. The van der Waals surface area contributed by atoms with Gasteiger partial charge in [0.25, 0.3) is 0 Å². The molecule has 0 aromatic heterocycles. The van der Waals surface area contributed by atoms with Crippen molar-refractivity contribution in [3.05, 3.63) is 27.1 Å². The normalized spacial score (nSPS) is 14.2. The van der Waals surface area contributed by atoms with Gasteiger partial charge in [0.05, 0.1) is 11.1 Å². The lowest BCUT2D eigenvalue weighted by Crippen LogP contribution is -2.09.